The van der Waals surface area contributed by atoms with Crippen molar-refractivity contribution in [2.75, 3.05) is 11.9 Å². The SMILES string of the molecule is Cc1ccc(NC(=O)OCC2c3ccccc3-c3ccccc32)c(C(=O)NC(C(=O)O)C(C)O)c1. The first-order valence-electron chi connectivity index (χ1n) is 11.2. The molecule has 2 amide bonds. The maximum Gasteiger partial charge on any atom is 0.411 e. The number of rotatable bonds is 7. The molecule has 8 heteroatoms. The largest absolute Gasteiger partial charge is 0.480 e. The number of carboxylic acids is 1. The molecule has 2 unspecified atom stereocenters. The number of aliphatic hydroxyl groups is 1. The summed E-state index contributed by atoms with van der Waals surface area (Å²) in [6.45, 7) is 3.14. The van der Waals surface area contributed by atoms with Crippen molar-refractivity contribution in [2.24, 2.45) is 0 Å². The lowest BCUT2D eigenvalue weighted by Gasteiger charge is -2.19. The number of carboxylic acid groups (broad SMARTS) is 1. The molecule has 1 aliphatic carbocycles. The molecule has 3 aromatic carbocycles. The molecule has 0 heterocycles. The molecule has 0 spiro atoms. The number of hydrogen-bond donors (Lipinski definition) is 4. The zero-order valence-electron chi connectivity index (χ0n) is 19.3. The minimum Gasteiger partial charge on any atom is -0.480 e. The third-order valence-electron chi connectivity index (χ3n) is 6.04. The second-order valence-electron chi connectivity index (χ2n) is 8.53. The highest BCUT2D eigenvalue weighted by molar-refractivity contribution is 6.04. The monoisotopic (exact) mass is 474 g/mol. The van der Waals surface area contributed by atoms with E-state index in [0.29, 0.717) is 0 Å². The summed E-state index contributed by atoms with van der Waals surface area (Å²) in [4.78, 5) is 36.8. The van der Waals surface area contributed by atoms with E-state index in [1.165, 1.54) is 13.0 Å². The zero-order valence-corrected chi connectivity index (χ0v) is 19.3. The molecule has 3 aromatic rings. The van der Waals surface area contributed by atoms with Crippen molar-refractivity contribution in [3.8, 4) is 11.1 Å². The fraction of sp³-hybridized carbons (Fsp3) is 0.222. The van der Waals surface area contributed by atoms with Crippen LogP contribution in [0.4, 0.5) is 10.5 Å². The molecule has 0 aromatic heterocycles. The van der Waals surface area contributed by atoms with Gasteiger partial charge in [0, 0.05) is 5.92 Å². The van der Waals surface area contributed by atoms with E-state index in [0.717, 1.165) is 27.8 Å². The topological polar surface area (TPSA) is 125 Å². The van der Waals surface area contributed by atoms with Gasteiger partial charge in [0.2, 0.25) is 0 Å². The molecule has 0 saturated carbocycles. The molecule has 0 saturated heterocycles. The molecular formula is C27H26N2O6. The van der Waals surface area contributed by atoms with Gasteiger partial charge in [-0.3, -0.25) is 10.1 Å². The van der Waals surface area contributed by atoms with Crippen LogP contribution in [0.1, 0.15) is 39.9 Å². The Balaban J connectivity index is 1.49. The summed E-state index contributed by atoms with van der Waals surface area (Å²) in [5, 5.41) is 23.8. The van der Waals surface area contributed by atoms with Crippen LogP contribution < -0.4 is 10.6 Å². The highest BCUT2D eigenvalue weighted by atomic mass is 16.5. The number of carbonyl (C=O) groups excluding carboxylic acids is 2. The van der Waals surface area contributed by atoms with E-state index in [1.54, 1.807) is 19.1 Å². The molecule has 4 N–H and O–H groups in total. The van der Waals surface area contributed by atoms with Crippen LogP contribution in [0.25, 0.3) is 11.1 Å². The first kappa shape index (κ1) is 24.0. The molecule has 180 valence electrons. The van der Waals surface area contributed by atoms with Crippen LogP contribution in [0.3, 0.4) is 0 Å². The standard InChI is InChI=1S/C27H26N2O6/c1-15-11-12-23(21(13-15)25(31)29-24(16(2)30)26(32)33)28-27(34)35-14-22-19-9-5-3-7-17(19)18-8-4-6-10-20(18)22/h3-13,16,22,24,30H,14H2,1-2H3,(H,28,34)(H,29,31)(H,32,33). The van der Waals surface area contributed by atoms with Gasteiger partial charge in [0.15, 0.2) is 6.04 Å². The zero-order chi connectivity index (χ0) is 25.1. The first-order chi connectivity index (χ1) is 16.8. The third kappa shape index (κ3) is 5.02. The highest BCUT2D eigenvalue weighted by Gasteiger charge is 2.30. The lowest BCUT2D eigenvalue weighted by Crippen LogP contribution is -2.47. The molecule has 4 rings (SSSR count). The number of aliphatic carboxylic acids is 1. The van der Waals surface area contributed by atoms with E-state index >= 15 is 0 Å². The van der Waals surface area contributed by atoms with Gasteiger partial charge in [0.1, 0.15) is 6.61 Å². The second-order valence-corrected chi connectivity index (χ2v) is 8.53. The summed E-state index contributed by atoms with van der Waals surface area (Å²) < 4.78 is 5.55. The second kappa shape index (κ2) is 9.99. The predicted molar refractivity (Wildman–Crippen MR) is 130 cm³/mol. The van der Waals surface area contributed by atoms with Gasteiger partial charge in [-0.2, -0.15) is 0 Å². The van der Waals surface area contributed by atoms with Crippen LogP contribution in [0.5, 0.6) is 0 Å². The number of amides is 2. The summed E-state index contributed by atoms with van der Waals surface area (Å²) >= 11 is 0. The average Bonchev–Trinajstić information content (AvgIpc) is 3.15. The maximum absolute atomic E-state index is 12.8. The van der Waals surface area contributed by atoms with Gasteiger partial charge in [-0.25, -0.2) is 9.59 Å². The predicted octanol–water partition coefficient (Wildman–Crippen LogP) is 3.92. The number of nitrogens with one attached hydrogen (secondary N) is 2. The number of aliphatic hydroxyl groups excluding tert-OH is 1. The quantitative estimate of drug-likeness (QED) is 0.411. The van der Waals surface area contributed by atoms with Gasteiger partial charge in [-0.05, 0) is 48.2 Å². The Morgan fingerprint density at radius 1 is 0.971 bits per heavy atom. The lowest BCUT2D eigenvalue weighted by atomic mass is 9.98. The highest BCUT2D eigenvalue weighted by Crippen LogP contribution is 2.44. The fourth-order valence-corrected chi connectivity index (χ4v) is 4.31. The minimum absolute atomic E-state index is 0.0606. The Hall–Kier alpha value is -4.17. The number of anilines is 1. The summed E-state index contributed by atoms with van der Waals surface area (Å²) in [6.07, 6.45) is -2.05. The van der Waals surface area contributed by atoms with Crippen molar-refractivity contribution in [1.29, 1.82) is 0 Å². The number of hydrogen-bond acceptors (Lipinski definition) is 5. The summed E-state index contributed by atoms with van der Waals surface area (Å²) in [5.74, 6) is -2.22. The van der Waals surface area contributed by atoms with Crippen molar-refractivity contribution in [3.63, 3.8) is 0 Å². The van der Waals surface area contributed by atoms with E-state index in [9.17, 15) is 24.6 Å². The van der Waals surface area contributed by atoms with E-state index in [-0.39, 0.29) is 23.8 Å². The van der Waals surface area contributed by atoms with E-state index in [1.807, 2.05) is 48.5 Å². The molecule has 8 nitrogen and oxygen atoms in total. The number of benzene rings is 3. The number of fused-ring (bicyclic) bond motifs is 3. The van der Waals surface area contributed by atoms with E-state index in [4.69, 9.17) is 4.74 Å². The first-order valence-corrected chi connectivity index (χ1v) is 11.2. The van der Waals surface area contributed by atoms with Crippen LogP contribution >= 0.6 is 0 Å². The van der Waals surface area contributed by atoms with Crippen molar-refractivity contribution in [2.45, 2.75) is 31.9 Å². The van der Waals surface area contributed by atoms with Gasteiger partial charge in [-0.15, -0.1) is 0 Å². The van der Waals surface area contributed by atoms with E-state index < -0.39 is 30.1 Å². The normalized spacial score (nSPS) is 13.8. The molecule has 0 bridgehead atoms. The van der Waals surface area contributed by atoms with Gasteiger partial charge in [-0.1, -0.05) is 60.2 Å². The lowest BCUT2D eigenvalue weighted by molar-refractivity contribution is -0.141. The number of ether oxygens (including phenoxy) is 1. The van der Waals surface area contributed by atoms with Crippen LogP contribution in [0.2, 0.25) is 0 Å². The Labute approximate surface area is 202 Å². The molecule has 0 radical (unpaired) electrons. The summed E-state index contributed by atoms with van der Waals surface area (Å²) in [6, 6.07) is 19.3. The van der Waals surface area contributed by atoms with Crippen molar-refractivity contribution < 1.29 is 29.3 Å². The Kier molecular flexibility index (Phi) is 6.84. The Bertz CT molecular complexity index is 1240. The van der Waals surface area contributed by atoms with Gasteiger partial charge in [0.05, 0.1) is 17.4 Å². The van der Waals surface area contributed by atoms with Crippen molar-refractivity contribution in [1.82, 2.24) is 5.32 Å². The van der Waals surface area contributed by atoms with E-state index in [2.05, 4.69) is 10.6 Å². The summed E-state index contributed by atoms with van der Waals surface area (Å²) in [7, 11) is 0. The molecule has 2 atom stereocenters. The number of aryl methyl sites for hydroxylation is 1. The average molecular weight is 475 g/mol. The summed E-state index contributed by atoms with van der Waals surface area (Å²) in [5.41, 5.74) is 5.34. The van der Waals surface area contributed by atoms with Crippen molar-refractivity contribution >= 4 is 23.7 Å². The van der Waals surface area contributed by atoms with Crippen molar-refractivity contribution in [3.05, 3.63) is 89.0 Å². The minimum atomic E-state index is -1.50. The molecule has 0 aliphatic heterocycles. The molecule has 0 fully saturated rings. The smallest absolute Gasteiger partial charge is 0.411 e. The van der Waals surface area contributed by atoms with Gasteiger partial charge < -0.3 is 20.3 Å². The van der Waals surface area contributed by atoms with Crippen LogP contribution in [-0.2, 0) is 9.53 Å². The van der Waals surface area contributed by atoms with Crippen LogP contribution in [0.15, 0.2) is 66.7 Å². The van der Waals surface area contributed by atoms with Gasteiger partial charge >= 0.3 is 12.1 Å². The Morgan fingerprint density at radius 2 is 1.57 bits per heavy atom. The fourth-order valence-electron chi connectivity index (χ4n) is 4.31. The number of carbonyl (C=O) groups is 3. The molecule has 1 aliphatic rings. The van der Waals surface area contributed by atoms with Crippen LogP contribution in [0, 0.1) is 6.92 Å². The third-order valence-corrected chi connectivity index (χ3v) is 6.04. The molecule has 35 heavy (non-hydrogen) atoms. The van der Waals surface area contributed by atoms with Crippen LogP contribution in [-0.4, -0.2) is 46.9 Å². The maximum atomic E-state index is 12.8. The van der Waals surface area contributed by atoms with Gasteiger partial charge in [0.25, 0.3) is 5.91 Å². The molecular weight excluding hydrogens is 448 g/mol. The Morgan fingerprint density at radius 3 is 2.14 bits per heavy atom.